The van der Waals surface area contributed by atoms with Crippen LogP contribution in [0.2, 0.25) is 0 Å². The van der Waals surface area contributed by atoms with E-state index in [1.807, 2.05) is 23.6 Å². The van der Waals surface area contributed by atoms with E-state index >= 15 is 0 Å². The number of allylic oxidation sites excluding steroid dienone is 1. The van der Waals surface area contributed by atoms with Crippen molar-refractivity contribution >= 4 is 23.4 Å². The highest BCUT2D eigenvalue weighted by atomic mass is 32.2. The monoisotopic (exact) mass is 395 g/mol. The van der Waals surface area contributed by atoms with E-state index in [0.717, 1.165) is 11.3 Å². The van der Waals surface area contributed by atoms with Crippen molar-refractivity contribution in [1.82, 2.24) is 19.7 Å². The Labute approximate surface area is 167 Å². The lowest BCUT2D eigenvalue weighted by molar-refractivity contribution is -0.115. The number of aromatic nitrogens is 4. The predicted octanol–water partition coefficient (Wildman–Crippen LogP) is 3.65. The molecule has 1 aromatic carbocycles. The van der Waals surface area contributed by atoms with Gasteiger partial charge in [-0.3, -0.25) is 14.3 Å². The van der Waals surface area contributed by atoms with Crippen molar-refractivity contribution in [2.24, 2.45) is 0 Å². The molecule has 0 aliphatic carbocycles. The number of carbonyl (C=O) groups excluding carboxylic acids is 1. The van der Waals surface area contributed by atoms with Gasteiger partial charge < -0.3 is 10.1 Å². The van der Waals surface area contributed by atoms with Crippen LogP contribution < -0.4 is 10.1 Å². The van der Waals surface area contributed by atoms with Crippen LogP contribution in [0.25, 0.3) is 11.4 Å². The Hall–Kier alpha value is -3.13. The molecule has 1 amide bonds. The van der Waals surface area contributed by atoms with E-state index in [1.54, 1.807) is 49.8 Å². The molecule has 7 nitrogen and oxygen atoms in total. The molecule has 2 heterocycles. The van der Waals surface area contributed by atoms with Crippen molar-refractivity contribution in [2.45, 2.75) is 23.9 Å². The maximum atomic E-state index is 12.6. The molecule has 2 aromatic heterocycles. The Kier molecular flexibility index (Phi) is 6.44. The average molecular weight is 395 g/mol. The highest BCUT2D eigenvalue weighted by Crippen LogP contribution is 2.27. The number of rotatable bonds is 8. The van der Waals surface area contributed by atoms with Crippen molar-refractivity contribution in [3.63, 3.8) is 0 Å². The highest BCUT2D eigenvalue weighted by molar-refractivity contribution is 8.00. The molecule has 0 spiro atoms. The molecule has 0 aliphatic rings. The zero-order chi connectivity index (χ0) is 19.9. The Morgan fingerprint density at radius 2 is 1.96 bits per heavy atom. The minimum atomic E-state index is -0.361. The maximum absolute atomic E-state index is 12.6. The molecule has 0 saturated heterocycles. The Balaban J connectivity index is 1.73. The first-order valence-electron chi connectivity index (χ1n) is 8.68. The Morgan fingerprint density at radius 3 is 2.61 bits per heavy atom. The van der Waals surface area contributed by atoms with E-state index < -0.39 is 0 Å². The molecule has 0 fully saturated rings. The van der Waals surface area contributed by atoms with Crippen molar-refractivity contribution < 1.29 is 9.53 Å². The third-order valence-electron chi connectivity index (χ3n) is 3.98. The largest absolute Gasteiger partial charge is 0.497 e. The summed E-state index contributed by atoms with van der Waals surface area (Å²) < 4.78 is 7.06. The van der Waals surface area contributed by atoms with E-state index in [2.05, 4.69) is 27.1 Å². The van der Waals surface area contributed by atoms with Crippen LogP contribution in [-0.4, -0.2) is 38.0 Å². The first-order valence-corrected chi connectivity index (χ1v) is 9.56. The number of thioether (sulfide) groups is 1. The molecule has 0 aliphatic heterocycles. The summed E-state index contributed by atoms with van der Waals surface area (Å²) in [6, 6.07) is 11.0. The van der Waals surface area contributed by atoms with Gasteiger partial charge in [0.2, 0.25) is 5.91 Å². The smallest absolute Gasteiger partial charge is 0.237 e. The number of nitrogens with zero attached hydrogens (tertiary/aromatic N) is 4. The molecule has 0 bridgehead atoms. The number of benzene rings is 1. The third kappa shape index (κ3) is 4.58. The van der Waals surface area contributed by atoms with Crippen LogP contribution in [0, 0.1) is 0 Å². The molecule has 0 saturated carbocycles. The number of amides is 1. The number of ether oxygens (including phenoxy) is 1. The van der Waals surface area contributed by atoms with Gasteiger partial charge in [0.15, 0.2) is 11.0 Å². The first-order chi connectivity index (χ1) is 13.6. The zero-order valence-corrected chi connectivity index (χ0v) is 16.5. The summed E-state index contributed by atoms with van der Waals surface area (Å²) >= 11 is 1.35. The van der Waals surface area contributed by atoms with Crippen LogP contribution >= 0.6 is 11.8 Å². The lowest BCUT2D eigenvalue weighted by Crippen LogP contribution is -2.23. The van der Waals surface area contributed by atoms with Gasteiger partial charge in [0.1, 0.15) is 5.75 Å². The fourth-order valence-electron chi connectivity index (χ4n) is 2.51. The SMILES string of the molecule is C=CCn1c(SC(C)C(=O)Nc2ccc(OC)cc2)nnc1-c1ccncc1. The predicted molar refractivity (Wildman–Crippen MR) is 110 cm³/mol. The van der Waals surface area contributed by atoms with Crippen molar-refractivity contribution in [2.75, 3.05) is 12.4 Å². The average Bonchev–Trinajstić information content (AvgIpc) is 3.11. The molecule has 3 aromatic rings. The summed E-state index contributed by atoms with van der Waals surface area (Å²) in [6.07, 6.45) is 5.19. The molecule has 1 unspecified atom stereocenters. The fourth-order valence-corrected chi connectivity index (χ4v) is 3.37. The van der Waals surface area contributed by atoms with Crippen molar-refractivity contribution in [3.8, 4) is 17.1 Å². The molecule has 28 heavy (non-hydrogen) atoms. The van der Waals surface area contributed by atoms with Crippen LogP contribution in [0.5, 0.6) is 5.75 Å². The molecule has 3 rings (SSSR count). The number of hydrogen-bond acceptors (Lipinski definition) is 6. The number of pyridine rings is 1. The normalized spacial score (nSPS) is 11.6. The molecule has 8 heteroatoms. The Bertz CT molecular complexity index is 941. The van der Waals surface area contributed by atoms with Crippen LogP contribution in [0.3, 0.4) is 0 Å². The second-order valence-corrected chi connectivity index (χ2v) is 7.23. The summed E-state index contributed by atoms with van der Waals surface area (Å²) in [5, 5.41) is 11.8. The minimum absolute atomic E-state index is 0.117. The van der Waals surface area contributed by atoms with Gasteiger partial charge in [-0.1, -0.05) is 17.8 Å². The number of anilines is 1. The minimum Gasteiger partial charge on any atom is -0.497 e. The molecule has 144 valence electrons. The summed E-state index contributed by atoms with van der Waals surface area (Å²) in [7, 11) is 1.60. The molecule has 0 radical (unpaired) electrons. The standard InChI is InChI=1S/C20H21N5O2S/c1-4-13-25-18(15-9-11-21-12-10-15)23-24-20(25)28-14(2)19(26)22-16-5-7-17(27-3)8-6-16/h4-12,14H,1,13H2,2-3H3,(H,22,26). The fraction of sp³-hybridized carbons (Fsp3) is 0.200. The van der Waals surface area contributed by atoms with Gasteiger partial charge in [-0.25, -0.2) is 0 Å². The second-order valence-electron chi connectivity index (χ2n) is 5.92. The Morgan fingerprint density at radius 1 is 1.25 bits per heavy atom. The summed E-state index contributed by atoms with van der Waals surface area (Å²) in [6.45, 7) is 6.19. The van der Waals surface area contributed by atoms with E-state index in [1.165, 1.54) is 11.8 Å². The van der Waals surface area contributed by atoms with Crippen LogP contribution in [0.15, 0.2) is 66.6 Å². The summed E-state index contributed by atoms with van der Waals surface area (Å²) in [4.78, 5) is 16.6. The lowest BCUT2D eigenvalue weighted by Gasteiger charge is -2.13. The summed E-state index contributed by atoms with van der Waals surface area (Å²) in [5.41, 5.74) is 1.62. The van der Waals surface area contributed by atoms with E-state index in [9.17, 15) is 4.79 Å². The van der Waals surface area contributed by atoms with Gasteiger partial charge in [-0.15, -0.1) is 16.8 Å². The molecule has 1 atom stereocenters. The van der Waals surface area contributed by atoms with E-state index in [0.29, 0.717) is 23.2 Å². The van der Waals surface area contributed by atoms with Crippen LogP contribution in [-0.2, 0) is 11.3 Å². The third-order valence-corrected chi connectivity index (χ3v) is 5.06. The molecular weight excluding hydrogens is 374 g/mol. The van der Waals surface area contributed by atoms with Crippen molar-refractivity contribution in [1.29, 1.82) is 0 Å². The van der Waals surface area contributed by atoms with Gasteiger partial charge in [-0.2, -0.15) is 0 Å². The quantitative estimate of drug-likeness (QED) is 0.463. The van der Waals surface area contributed by atoms with E-state index in [-0.39, 0.29) is 11.2 Å². The van der Waals surface area contributed by atoms with Gasteiger partial charge in [0.25, 0.3) is 0 Å². The highest BCUT2D eigenvalue weighted by Gasteiger charge is 2.20. The topological polar surface area (TPSA) is 81.9 Å². The molecular formula is C20H21N5O2S. The number of hydrogen-bond donors (Lipinski definition) is 1. The van der Waals surface area contributed by atoms with Crippen LogP contribution in [0.4, 0.5) is 5.69 Å². The summed E-state index contributed by atoms with van der Waals surface area (Å²) in [5.74, 6) is 1.34. The van der Waals surface area contributed by atoms with Gasteiger partial charge in [-0.05, 0) is 43.3 Å². The van der Waals surface area contributed by atoms with Gasteiger partial charge in [0, 0.05) is 30.2 Å². The zero-order valence-electron chi connectivity index (χ0n) is 15.7. The van der Waals surface area contributed by atoms with Crippen molar-refractivity contribution in [3.05, 3.63) is 61.4 Å². The number of carbonyl (C=O) groups is 1. The molecule has 1 N–H and O–H groups in total. The van der Waals surface area contributed by atoms with Crippen LogP contribution in [0.1, 0.15) is 6.92 Å². The maximum Gasteiger partial charge on any atom is 0.237 e. The van der Waals surface area contributed by atoms with Gasteiger partial charge >= 0.3 is 0 Å². The van der Waals surface area contributed by atoms with Gasteiger partial charge in [0.05, 0.1) is 12.4 Å². The number of methoxy groups -OCH3 is 1. The van der Waals surface area contributed by atoms with E-state index in [4.69, 9.17) is 4.74 Å². The second kappa shape index (κ2) is 9.18. The first kappa shape index (κ1) is 19.6. The lowest BCUT2D eigenvalue weighted by atomic mass is 10.2. The number of nitrogens with one attached hydrogen (secondary N) is 1.